The molecule has 0 saturated carbocycles. The molecule has 0 aliphatic heterocycles. The Morgan fingerprint density at radius 2 is 2.05 bits per heavy atom. The van der Waals surface area contributed by atoms with E-state index in [4.69, 9.17) is 4.74 Å². The van der Waals surface area contributed by atoms with Crippen LogP contribution < -0.4 is 0 Å². The Bertz CT molecular complexity index is 423. The molecule has 1 atom stereocenters. The quantitative estimate of drug-likeness (QED) is 0.683. The molecule has 19 heavy (non-hydrogen) atoms. The second-order valence-corrected chi connectivity index (χ2v) is 7.79. The number of ether oxygens (including phenoxy) is 1. The lowest BCUT2D eigenvalue weighted by Gasteiger charge is -2.33. The molecular formula is C11H18N2O4S2. The van der Waals surface area contributed by atoms with Gasteiger partial charge in [-0.2, -0.15) is 0 Å². The first-order valence-corrected chi connectivity index (χ1v) is 7.57. The molecule has 1 aromatic rings. The van der Waals surface area contributed by atoms with Gasteiger partial charge in [-0.05, 0) is 34.6 Å². The summed E-state index contributed by atoms with van der Waals surface area (Å²) < 4.78 is 18.7. The Hall–Kier alpha value is -0.830. The average molecular weight is 306 g/mol. The van der Waals surface area contributed by atoms with Crippen molar-refractivity contribution in [3.05, 3.63) is 11.7 Å². The smallest absolute Gasteiger partial charge is 0.455 e. The Balaban J connectivity index is 3.00. The largest absolute Gasteiger partial charge is 0.587 e. The highest BCUT2D eigenvalue weighted by Crippen LogP contribution is 2.27. The summed E-state index contributed by atoms with van der Waals surface area (Å²) in [4.78, 5) is 15.9. The SMILES string of the molecule is CC(C)(C)OC(=O)N([S+]([O-])c1cncs1)C(C)(C)O. The standard InChI is InChI=1S/C11H18N2O4S2/c1-10(2,3)17-9(14)13(11(4,5)15)19(16)8-6-12-7-18-8/h6-7,15H,1-5H3. The summed E-state index contributed by atoms with van der Waals surface area (Å²) in [5, 5.41) is 10.0. The van der Waals surface area contributed by atoms with Gasteiger partial charge in [-0.3, -0.25) is 0 Å². The minimum atomic E-state index is -1.86. The van der Waals surface area contributed by atoms with Crippen LogP contribution in [0.15, 0.2) is 15.9 Å². The van der Waals surface area contributed by atoms with Crippen LogP contribution >= 0.6 is 11.3 Å². The summed E-state index contributed by atoms with van der Waals surface area (Å²) in [5.41, 5.74) is -0.847. The number of carbonyl (C=O) groups is 1. The molecule has 108 valence electrons. The molecular weight excluding hydrogens is 288 g/mol. The zero-order valence-electron chi connectivity index (χ0n) is 11.5. The zero-order valence-corrected chi connectivity index (χ0v) is 13.2. The highest BCUT2D eigenvalue weighted by Gasteiger charge is 2.43. The van der Waals surface area contributed by atoms with E-state index in [1.165, 1.54) is 25.6 Å². The first-order valence-electron chi connectivity index (χ1n) is 5.58. The second kappa shape index (κ2) is 5.66. The van der Waals surface area contributed by atoms with Gasteiger partial charge in [0.15, 0.2) is 5.72 Å². The minimum absolute atomic E-state index is 0.369. The van der Waals surface area contributed by atoms with Crippen LogP contribution in [-0.2, 0) is 16.1 Å². The Kier molecular flexibility index (Phi) is 4.83. The van der Waals surface area contributed by atoms with Gasteiger partial charge in [0.2, 0.25) is 0 Å². The second-order valence-electron chi connectivity index (χ2n) is 5.34. The lowest BCUT2D eigenvalue weighted by Crippen LogP contribution is -2.52. The van der Waals surface area contributed by atoms with Gasteiger partial charge in [-0.1, -0.05) is 15.6 Å². The van der Waals surface area contributed by atoms with E-state index in [1.54, 1.807) is 20.8 Å². The van der Waals surface area contributed by atoms with E-state index >= 15 is 0 Å². The topological polar surface area (TPSA) is 85.7 Å². The summed E-state index contributed by atoms with van der Waals surface area (Å²) in [7, 11) is 0. The Morgan fingerprint density at radius 3 is 2.42 bits per heavy atom. The molecule has 8 heteroatoms. The van der Waals surface area contributed by atoms with Crippen molar-refractivity contribution in [2.45, 2.75) is 50.2 Å². The summed E-state index contributed by atoms with van der Waals surface area (Å²) in [6.07, 6.45) is 0.552. The van der Waals surface area contributed by atoms with E-state index in [-0.39, 0.29) is 0 Å². The van der Waals surface area contributed by atoms with Gasteiger partial charge in [0, 0.05) is 0 Å². The zero-order chi connectivity index (χ0) is 14.8. The van der Waals surface area contributed by atoms with Gasteiger partial charge in [0.1, 0.15) is 17.0 Å². The number of aromatic nitrogens is 1. The normalized spacial score (nSPS) is 14.1. The van der Waals surface area contributed by atoms with Gasteiger partial charge >= 0.3 is 6.09 Å². The molecule has 1 aromatic heterocycles. The fourth-order valence-corrected chi connectivity index (χ4v) is 3.12. The van der Waals surface area contributed by atoms with Gasteiger partial charge < -0.3 is 14.4 Å². The number of nitrogens with zero attached hydrogens (tertiary/aromatic N) is 2. The molecule has 6 nitrogen and oxygen atoms in total. The van der Waals surface area contributed by atoms with Crippen molar-refractivity contribution in [3.63, 3.8) is 0 Å². The van der Waals surface area contributed by atoms with Crippen LogP contribution in [0.4, 0.5) is 4.79 Å². The molecule has 0 fully saturated rings. The molecule has 1 unspecified atom stereocenters. The van der Waals surface area contributed by atoms with Crippen LogP contribution in [0.3, 0.4) is 0 Å². The number of carbonyl (C=O) groups excluding carboxylic acids is 1. The van der Waals surface area contributed by atoms with E-state index in [9.17, 15) is 14.5 Å². The molecule has 0 aliphatic rings. The van der Waals surface area contributed by atoms with Gasteiger partial charge in [-0.15, -0.1) is 0 Å². The third-order valence-electron chi connectivity index (χ3n) is 1.80. The fourth-order valence-electron chi connectivity index (χ4n) is 1.18. The van der Waals surface area contributed by atoms with Crippen molar-refractivity contribution in [1.82, 2.24) is 9.29 Å². The number of aliphatic hydroxyl groups is 1. The van der Waals surface area contributed by atoms with E-state index < -0.39 is 28.8 Å². The van der Waals surface area contributed by atoms with Crippen molar-refractivity contribution in [2.75, 3.05) is 0 Å². The third-order valence-corrected chi connectivity index (χ3v) is 4.46. The predicted molar refractivity (Wildman–Crippen MR) is 72.9 cm³/mol. The highest BCUT2D eigenvalue weighted by molar-refractivity contribution is 7.91. The van der Waals surface area contributed by atoms with Crippen LogP contribution in [-0.4, -0.2) is 36.4 Å². The first kappa shape index (κ1) is 16.2. The predicted octanol–water partition coefficient (Wildman–Crippen LogP) is 2.13. The van der Waals surface area contributed by atoms with Gasteiger partial charge in [0.25, 0.3) is 4.21 Å². The van der Waals surface area contributed by atoms with Gasteiger partial charge in [-0.25, -0.2) is 9.78 Å². The van der Waals surface area contributed by atoms with E-state index in [0.29, 0.717) is 4.21 Å². The van der Waals surface area contributed by atoms with Crippen molar-refractivity contribution >= 4 is 28.8 Å². The molecule has 0 saturated heterocycles. The van der Waals surface area contributed by atoms with Crippen molar-refractivity contribution in [1.29, 1.82) is 0 Å². The molecule has 1 heterocycles. The molecule has 0 aliphatic carbocycles. The molecule has 0 spiro atoms. The maximum atomic E-state index is 12.3. The number of rotatable bonds is 3. The Morgan fingerprint density at radius 1 is 1.47 bits per heavy atom. The lowest BCUT2D eigenvalue weighted by molar-refractivity contribution is -0.0425. The van der Waals surface area contributed by atoms with Crippen molar-refractivity contribution in [2.24, 2.45) is 0 Å². The number of hydrogen-bond donors (Lipinski definition) is 1. The Labute approximate surface area is 119 Å². The summed E-state index contributed by atoms with van der Waals surface area (Å²) in [6.45, 7) is 7.83. The number of hydrogen-bond acceptors (Lipinski definition) is 6. The first-order chi connectivity index (χ1) is 8.52. The highest BCUT2D eigenvalue weighted by atomic mass is 32.2. The summed E-state index contributed by atoms with van der Waals surface area (Å²) in [5.74, 6) is 0. The minimum Gasteiger partial charge on any atom is -0.587 e. The van der Waals surface area contributed by atoms with Crippen LogP contribution in [0.2, 0.25) is 0 Å². The molecule has 0 radical (unpaired) electrons. The summed E-state index contributed by atoms with van der Waals surface area (Å²) >= 11 is -0.720. The van der Waals surface area contributed by atoms with Gasteiger partial charge in [0.05, 0.1) is 11.7 Å². The number of amides is 1. The maximum absolute atomic E-state index is 12.3. The number of thiazole rings is 1. The third kappa shape index (κ3) is 4.64. The summed E-state index contributed by atoms with van der Waals surface area (Å²) in [6, 6.07) is 0. The maximum Gasteiger partial charge on any atom is 0.455 e. The lowest BCUT2D eigenvalue weighted by atomic mass is 10.2. The molecule has 1 rings (SSSR count). The van der Waals surface area contributed by atoms with E-state index in [2.05, 4.69) is 4.98 Å². The van der Waals surface area contributed by atoms with E-state index in [0.717, 1.165) is 15.6 Å². The molecule has 0 bridgehead atoms. The monoisotopic (exact) mass is 306 g/mol. The fraction of sp³-hybridized carbons (Fsp3) is 0.636. The molecule has 1 N–H and O–H groups in total. The van der Waals surface area contributed by atoms with Crippen LogP contribution in [0, 0.1) is 0 Å². The van der Waals surface area contributed by atoms with E-state index in [1.807, 2.05) is 0 Å². The van der Waals surface area contributed by atoms with Crippen LogP contribution in [0.1, 0.15) is 34.6 Å². The molecule has 0 aromatic carbocycles. The molecule has 1 amide bonds. The van der Waals surface area contributed by atoms with Crippen molar-refractivity contribution in [3.8, 4) is 0 Å². The van der Waals surface area contributed by atoms with Crippen LogP contribution in [0.5, 0.6) is 0 Å². The van der Waals surface area contributed by atoms with Crippen LogP contribution in [0.25, 0.3) is 0 Å². The van der Waals surface area contributed by atoms with Crippen molar-refractivity contribution < 1.29 is 19.2 Å². The average Bonchev–Trinajstić information content (AvgIpc) is 2.63.